The van der Waals surface area contributed by atoms with Gasteiger partial charge in [0, 0.05) is 13.1 Å². The molecular formula is C10H14BrNO3S. The summed E-state index contributed by atoms with van der Waals surface area (Å²) >= 11 is 4.69. The quantitative estimate of drug-likeness (QED) is 0.737. The maximum atomic E-state index is 11.8. The molecule has 0 radical (unpaired) electrons. The summed E-state index contributed by atoms with van der Waals surface area (Å²) in [6, 6.07) is 3.60. The van der Waals surface area contributed by atoms with Crippen LogP contribution >= 0.6 is 27.3 Å². The van der Waals surface area contributed by atoms with Crippen LogP contribution in [-0.2, 0) is 0 Å². The van der Waals surface area contributed by atoms with Crippen molar-refractivity contribution < 1.29 is 15.0 Å². The highest BCUT2D eigenvalue weighted by molar-refractivity contribution is 9.11. The molecule has 0 saturated heterocycles. The molecule has 0 fully saturated rings. The Balaban J connectivity index is 2.54. The van der Waals surface area contributed by atoms with Crippen molar-refractivity contribution in [3.63, 3.8) is 0 Å². The van der Waals surface area contributed by atoms with Crippen molar-refractivity contribution in [2.24, 2.45) is 0 Å². The van der Waals surface area contributed by atoms with Crippen LogP contribution < -0.4 is 0 Å². The molecule has 0 aliphatic carbocycles. The number of Topliss-reactive ketones (excluding diaryl/α,β-unsaturated/α-hetero) is 1. The van der Waals surface area contributed by atoms with Crippen molar-refractivity contribution in [2.75, 3.05) is 32.8 Å². The number of hydrogen-bond donors (Lipinski definition) is 2. The summed E-state index contributed by atoms with van der Waals surface area (Å²) in [5.74, 6) is 0.0117. The summed E-state index contributed by atoms with van der Waals surface area (Å²) in [7, 11) is 0. The fourth-order valence-electron chi connectivity index (χ4n) is 1.30. The lowest BCUT2D eigenvalue weighted by Crippen LogP contribution is -2.34. The van der Waals surface area contributed by atoms with Crippen LogP contribution in [0, 0.1) is 0 Å². The van der Waals surface area contributed by atoms with E-state index in [0.29, 0.717) is 18.0 Å². The highest BCUT2D eigenvalue weighted by atomic mass is 79.9. The van der Waals surface area contributed by atoms with E-state index in [0.717, 1.165) is 3.79 Å². The van der Waals surface area contributed by atoms with Gasteiger partial charge in [-0.3, -0.25) is 9.69 Å². The predicted octanol–water partition coefficient (Wildman–Crippen LogP) is 0.980. The number of aliphatic hydroxyl groups excluding tert-OH is 2. The van der Waals surface area contributed by atoms with Gasteiger partial charge in [0.25, 0.3) is 0 Å². The van der Waals surface area contributed by atoms with Crippen LogP contribution in [0.15, 0.2) is 15.9 Å². The first-order valence-corrected chi connectivity index (χ1v) is 6.51. The lowest BCUT2D eigenvalue weighted by molar-refractivity contribution is 0.0898. The zero-order valence-electron chi connectivity index (χ0n) is 8.73. The second-order valence-corrected chi connectivity index (χ2v) is 5.71. The Kier molecular flexibility index (Phi) is 6.15. The van der Waals surface area contributed by atoms with Crippen molar-refractivity contribution in [3.05, 3.63) is 20.8 Å². The van der Waals surface area contributed by atoms with Crippen molar-refractivity contribution in [2.45, 2.75) is 0 Å². The van der Waals surface area contributed by atoms with Crippen LogP contribution in [0.2, 0.25) is 0 Å². The molecule has 90 valence electrons. The molecule has 0 unspecified atom stereocenters. The summed E-state index contributed by atoms with van der Waals surface area (Å²) in [6.45, 7) is 1.01. The third kappa shape index (κ3) is 4.31. The molecule has 0 saturated carbocycles. The van der Waals surface area contributed by atoms with Crippen LogP contribution in [0.5, 0.6) is 0 Å². The molecule has 0 aliphatic rings. The largest absolute Gasteiger partial charge is 0.395 e. The van der Waals surface area contributed by atoms with Crippen LogP contribution in [0.4, 0.5) is 0 Å². The normalized spacial score (nSPS) is 11.0. The standard InChI is InChI=1S/C10H14BrNO3S/c11-10-2-1-9(16-10)8(15)7-12(3-5-13)4-6-14/h1-2,13-14H,3-7H2. The highest BCUT2D eigenvalue weighted by Crippen LogP contribution is 2.22. The molecule has 0 bridgehead atoms. The van der Waals surface area contributed by atoms with Gasteiger partial charge in [0.05, 0.1) is 28.4 Å². The Morgan fingerprint density at radius 2 is 1.94 bits per heavy atom. The summed E-state index contributed by atoms with van der Waals surface area (Å²) in [6.07, 6.45) is 0. The number of halogens is 1. The summed E-state index contributed by atoms with van der Waals surface area (Å²) in [5, 5.41) is 17.6. The maximum Gasteiger partial charge on any atom is 0.186 e. The molecular weight excluding hydrogens is 294 g/mol. The minimum Gasteiger partial charge on any atom is -0.395 e. The molecule has 1 rings (SSSR count). The number of thiophene rings is 1. The summed E-state index contributed by atoms with van der Waals surface area (Å²) in [4.78, 5) is 14.2. The maximum absolute atomic E-state index is 11.8. The number of ketones is 1. The predicted molar refractivity (Wildman–Crippen MR) is 67.0 cm³/mol. The van der Waals surface area contributed by atoms with E-state index in [-0.39, 0.29) is 25.5 Å². The van der Waals surface area contributed by atoms with E-state index in [4.69, 9.17) is 10.2 Å². The first kappa shape index (κ1) is 13.8. The highest BCUT2D eigenvalue weighted by Gasteiger charge is 2.13. The average Bonchev–Trinajstić information content (AvgIpc) is 2.65. The Hall–Kier alpha value is -0.270. The summed E-state index contributed by atoms with van der Waals surface area (Å²) < 4.78 is 0.923. The van der Waals surface area contributed by atoms with Gasteiger partial charge in [-0.2, -0.15) is 0 Å². The Morgan fingerprint density at radius 1 is 1.31 bits per heavy atom. The molecule has 0 atom stereocenters. The monoisotopic (exact) mass is 307 g/mol. The third-order valence-electron chi connectivity index (χ3n) is 2.05. The van der Waals surface area contributed by atoms with E-state index in [9.17, 15) is 4.79 Å². The lowest BCUT2D eigenvalue weighted by atomic mass is 10.3. The van der Waals surface area contributed by atoms with Crippen molar-refractivity contribution in [1.29, 1.82) is 0 Å². The first-order valence-electron chi connectivity index (χ1n) is 4.90. The topological polar surface area (TPSA) is 60.8 Å². The van der Waals surface area contributed by atoms with Crippen LogP contribution in [-0.4, -0.2) is 53.7 Å². The second-order valence-electron chi connectivity index (χ2n) is 3.25. The number of rotatable bonds is 7. The fraction of sp³-hybridized carbons (Fsp3) is 0.500. The number of nitrogens with zero attached hydrogens (tertiary/aromatic N) is 1. The Bertz CT molecular complexity index is 337. The van der Waals surface area contributed by atoms with Crippen LogP contribution in [0.1, 0.15) is 9.67 Å². The number of carbonyl (C=O) groups is 1. The Morgan fingerprint density at radius 3 is 2.38 bits per heavy atom. The van der Waals surface area contributed by atoms with Gasteiger partial charge in [-0.1, -0.05) is 0 Å². The number of carbonyl (C=O) groups excluding carboxylic acids is 1. The molecule has 1 aromatic heterocycles. The molecule has 0 spiro atoms. The van der Waals surface area contributed by atoms with Gasteiger partial charge in [-0.15, -0.1) is 11.3 Å². The first-order chi connectivity index (χ1) is 7.67. The van der Waals surface area contributed by atoms with Gasteiger partial charge in [-0.05, 0) is 28.1 Å². The van der Waals surface area contributed by atoms with Crippen molar-refractivity contribution >= 4 is 33.0 Å². The molecule has 0 amide bonds. The fourth-order valence-corrected chi connectivity index (χ4v) is 2.61. The number of hydrogen-bond acceptors (Lipinski definition) is 5. The average molecular weight is 308 g/mol. The zero-order valence-corrected chi connectivity index (χ0v) is 11.1. The zero-order chi connectivity index (χ0) is 12.0. The SMILES string of the molecule is O=C(CN(CCO)CCO)c1ccc(Br)s1. The van der Waals surface area contributed by atoms with Crippen LogP contribution in [0.25, 0.3) is 0 Å². The van der Waals surface area contributed by atoms with Gasteiger partial charge >= 0.3 is 0 Å². The van der Waals surface area contributed by atoms with Gasteiger partial charge in [0.2, 0.25) is 0 Å². The molecule has 4 nitrogen and oxygen atoms in total. The van der Waals surface area contributed by atoms with E-state index in [1.54, 1.807) is 11.0 Å². The van der Waals surface area contributed by atoms with E-state index in [2.05, 4.69) is 15.9 Å². The van der Waals surface area contributed by atoms with E-state index < -0.39 is 0 Å². The van der Waals surface area contributed by atoms with E-state index >= 15 is 0 Å². The van der Waals surface area contributed by atoms with Gasteiger partial charge in [0.15, 0.2) is 5.78 Å². The van der Waals surface area contributed by atoms with Gasteiger partial charge < -0.3 is 10.2 Å². The molecule has 0 aromatic carbocycles. The molecule has 2 N–H and O–H groups in total. The third-order valence-corrected chi connectivity index (χ3v) is 3.71. The van der Waals surface area contributed by atoms with Crippen LogP contribution in [0.3, 0.4) is 0 Å². The van der Waals surface area contributed by atoms with E-state index in [1.807, 2.05) is 6.07 Å². The Labute approximate surface area is 107 Å². The minimum absolute atomic E-state index is 0.0117. The molecule has 16 heavy (non-hydrogen) atoms. The summed E-state index contributed by atoms with van der Waals surface area (Å²) in [5.41, 5.74) is 0. The van der Waals surface area contributed by atoms with Gasteiger partial charge in [-0.25, -0.2) is 0 Å². The van der Waals surface area contributed by atoms with E-state index in [1.165, 1.54) is 11.3 Å². The molecule has 6 heteroatoms. The number of aliphatic hydroxyl groups is 2. The lowest BCUT2D eigenvalue weighted by Gasteiger charge is -2.18. The second kappa shape index (κ2) is 7.13. The molecule has 1 heterocycles. The van der Waals surface area contributed by atoms with Crippen molar-refractivity contribution in [3.8, 4) is 0 Å². The molecule has 1 aromatic rings. The minimum atomic E-state index is -0.0125. The van der Waals surface area contributed by atoms with Gasteiger partial charge in [0.1, 0.15) is 0 Å². The molecule has 0 aliphatic heterocycles. The van der Waals surface area contributed by atoms with Crippen molar-refractivity contribution in [1.82, 2.24) is 4.90 Å². The smallest absolute Gasteiger partial charge is 0.186 e.